The maximum Gasteiger partial charge on any atom is 0.416 e. The SMILES string of the molecule is O=C(Nc1cccc(C(F)(F)F)c1)c1cccc(NC(=O)c2ccc(=O)n(-c3ccc(F)cc3)n2)c1. The molecule has 2 N–H and O–H groups in total. The number of alkyl halides is 3. The summed E-state index contributed by atoms with van der Waals surface area (Å²) in [7, 11) is 0. The summed E-state index contributed by atoms with van der Waals surface area (Å²) in [5.41, 5.74) is -1.08. The molecule has 0 fully saturated rings. The number of hydrogen-bond acceptors (Lipinski definition) is 4. The molecule has 0 atom stereocenters. The standard InChI is InChI=1S/C25H16F4N4O3/c26-17-7-9-20(10-8-17)33-22(34)12-11-21(32-33)24(36)31-18-5-1-3-15(13-18)23(35)30-19-6-2-4-16(14-19)25(27,28)29/h1-14H,(H,30,35)(H,31,36). The summed E-state index contributed by atoms with van der Waals surface area (Å²) < 4.78 is 52.9. The zero-order chi connectivity index (χ0) is 25.9. The van der Waals surface area contributed by atoms with E-state index in [1.165, 1.54) is 54.6 Å². The first-order chi connectivity index (χ1) is 17.1. The van der Waals surface area contributed by atoms with Gasteiger partial charge in [0.2, 0.25) is 0 Å². The van der Waals surface area contributed by atoms with Gasteiger partial charge in [-0.05, 0) is 66.7 Å². The molecule has 2 amide bonds. The van der Waals surface area contributed by atoms with E-state index in [0.717, 1.165) is 35.0 Å². The first-order valence-corrected chi connectivity index (χ1v) is 10.4. The quantitative estimate of drug-likeness (QED) is 0.385. The lowest BCUT2D eigenvalue weighted by Gasteiger charge is -2.11. The first-order valence-electron chi connectivity index (χ1n) is 10.4. The lowest BCUT2D eigenvalue weighted by atomic mass is 10.1. The minimum atomic E-state index is -4.56. The average molecular weight is 496 g/mol. The van der Waals surface area contributed by atoms with Gasteiger partial charge < -0.3 is 10.6 Å². The molecule has 7 nitrogen and oxygen atoms in total. The Hall–Kier alpha value is -4.80. The summed E-state index contributed by atoms with van der Waals surface area (Å²) in [5, 5.41) is 8.95. The lowest BCUT2D eigenvalue weighted by Crippen LogP contribution is -2.25. The summed E-state index contributed by atoms with van der Waals surface area (Å²) in [6.07, 6.45) is -4.56. The smallest absolute Gasteiger partial charge is 0.322 e. The van der Waals surface area contributed by atoms with E-state index in [9.17, 15) is 31.9 Å². The Morgan fingerprint density at radius 1 is 0.778 bits per heavy atom. The van der Waals surface area contributed by atoms with Gasteiger partial charge in [-0.3, -0.25) is 14.4 Å². The van der Waals surface area contributed by atoms with Gasteiger partial charge in [-0.2, -0.15) is 23.0 Å². The minimum Gasteiger partial charge on any atom is -0.322 e. The maximum absolute atomic E-state index is 13.2. The summed E-state index contributed by atoms with van der Waals surface area (Å²) in [6, 6.07) is 17.2. The van der Waals surface area contributed by atoms with Crippen molar-refractivity contribution in [2.24, 2.45) is 0 Å². The average Bonchev–Trinajstić information content (AvgIpc) is 2.85. The highest BCUT2D eigenvalue weighted by Gasteiger charge is 2.30. The number of benzene rings is 3. The molecule has 0 radical (unpaired) electrons. The topological polar surface area (TPSA) is 93.1 Å². The number of hydrogen-bond donors (Lipinski definition) is 2. The molecule has 0 spiro atoms. The number of rotatable bonds is 5. The number of nitrogens with one attached hydrogen (secondary N) is 2. The molecule has 1 aromatic heterocycles. The molecule has 36 heavy (non-hydrogen) atoms. The highest BCUT2D eigenvalue weighted by molar-refractivity contribution is 6.06. The molecule has 1 heterocycles. The van der Waals surface area contributed by atoms with E-state index >= 15 is 0 Å². The second-order valence-electron chi connectivity index (χ2n) is 7.51. The molecule has 0 aliphatic carbocycles. The van der Waals surface area contributed by atoms with Crippen LogP contribution in [-0.4, -0.2) is 21.6 Å². The van der Waals surface area contributed by atoms with Crippen molar-refractivity contribution in [3.8, 4) is 5.69 Å². The van der Waals surface area contributed by atoms with Gasteiger partial charge in [0.25, 0.3) is 17.4 Å². The summed E-state index contributed by atoms with van der Waals surface area (Å²) >= 11 is 0. The predicted octanol–water partition coefficient (Wildman–Crippen LogP) is 4.90. The summed E-state index contributed by atoms with van der Waals surface area (Å²) in [4.78, 5) is 37.4. The van der Waals surface area contributed by atoms with Gasteiger partial charge in [0, 0.05) is 23.0 Å². The Kier molecular flexibility index (Phi) is 6.64. The van der Waals surface area contributed by atoms with E-state index < -0.39 is 34.9 Å². The van der Waals surface area contributed by atoms with Crippen LogP contribution in [0.2, 0.25) is 0 Å². The van der Waals surface area contributed by atoms with E-state index in [4.69, 9.17) is 0 Å². The molecular formula is C25H16F4N4O3. The van der Waals surface area contributed by atoms with Gasteiger partial charge in [-0.1, -0.05) is 12.1 Å². The van der Waals surface area contributed by atoms with E-state index in [1.807, 2.05) is 0 Å². The van der Waals surface area contributed by atoms with Gasteiger partial charge in [-0.25, -0.2) is 4.39 Å². The number of anilines is 2. The van der Waals surface area contributed by atoms with Crippen LogP contribution in [0.5, 0.6) is 0 Å². The molecule has 0 unspecified atom stereocenters. The van der Waals surface area contributed by atoms with Crippen LogP contribution < -0.4 is 16.2 Å². The number of carbonyl (C=O) groups excluding carboxylic acids is 2. The maximum atomic E-state index is 13.2. The van der Waals surface area contributed by atoms with E-state index in [2.05, 4.69) is 15.7 Å². The predicted molar refractivity (Wildman–Crippen MR) is 124 cm³/mol. The lowest BCUT2D eigenvalue weighted by molar-refractivity contribution is -0.137. The van der Waals surface area contributed by atoms with Crippen LogP contribution in [0, 0.1) is 5.82 Å². The molecule has 0 aliphatic rings. The number of carbonyl (C=O) groups is 2. The number of nitrogens with zero attached hydrogens (tertiary/aromatic N) is 2. The highest BCUT2D eigenvalue weighted by Crippen LogP contribution is 2.30. The van der Waals surface area contributed by atoms with Crippen LogP contribution in [0.25, 0.3) is 5.69 Å². The van der Waals surface area contributed by atoms with Crippen LogP contribution >= 0.6 is 0 Å². The molecular weight excluding hydrogens is 480 g/mol. The molecule has 4 rings (SSSR count). The molecule has 3 aromatic carbocycles. The second kappa shape index (κ2) is 9.82. The molecule has 4 aromatic rings. The van der Waals surface area contributed by atoms with Crippen LogP contribution in [0.4, 0.5) is 28.9 Å². The van der Waals surface area contributed by atoms with Crippen molar-refractivity contribution in [2.45, 2.75) is 6.18 Å². The zero-order valence-corrected chi connectivity index (χ0v) is 18.2. The largest absolute Gasteiger partial charge is 0.416 e. The third kappa shape index (κ3) is 5.63. The number of halogens is 4. The minimum absolute atomic E-state index is 0.0449. The first kappa shape index (κ1) is 24.3. The fourth-order valence-corrected chi connectivity index (χ4v) is 3.21. The highest BCUT2D eigenvalue weighted by atomic mass is 19.4. The van der Waals surface area contributed by atoms with Crippen LogP contribution in [0.1, 0.15) is 26.4 Å². The van der Waals surface area contributed by atoms with Crippen molar-refractivity contribution >= 4 is 23.2 Å². The molecule has 182 valence electrons. The van der Waals surface area contributed by atoms with Crippen LogP contribution in [-0.2, 0) is 6.18 Å². The van der Waals surface area contributed by atoms with Gasteiger partial charge in [-0.15, -0.1) is 0 Å². The van der Waals surface area contributed by atoms with Crippen LogP contribution in [0.3, 0.4) is 0 Å². The van der Waals surface area contributed by atoms with Gasteiger partial charge >= 0.3 is 6.18 Å². The Morgan fingerprint density at radius 3 is 2.11 bits per heavy atom. The van der Waals surface area contributed by atoms with Crippen molar-refractivity contribution in [1.29, 1.82) is 0 Å². The van der Waals surface area contributed by atoms with E-state index in [1.54, 1.807) is 0 Å². The van der Waals surface area contributed by atoms with Crippen molar-refractivity contribution in [1.82, 2.24) is 9.78 Å². The van der Waals surface area contributed by atoms with Crippen molar-refractivity contribution in [3.63, 3.8) is 0 Å². The van der Waals surface area contributed by atoms with Crippen molar-refractivity contribution < 1.29 is 27.2 Å². The molecule has 0 bridgehead atoms. The third-order valence-electron chi connectivity index (χ3n) is 4.93. The Morgan fingerprint density at radius 2 is 1.42 bits per heavy atom. The summed E-state index contributed by atoms with van der Waals surface area (Å²) in [5.74, 6) is -1.88. The normalized spacial score (nSPS) is 11.1. The Bertz CT molecular complexity index is 1500. The zero-order valence-electron chi connectivity index (χ0n) is 18.2. The number of amides is 2. The van der Waals surface area contributed by atoms with Gasteiger partial charge in [0.15, 0.2) is 0 Å². The van der Waals surface area contributed by atoms with Gasteiger partial charge in [0.05, 0.1) is 11.3 Å². The second-order valence-corrected chi connectivity index (χ2v) is 7.51. The summed E-state index contributed by atoms with van der Waals surface area (Å²) in [6.45, 7) is 0. The van der Waals surface area contributed by atoms with E-state index in [-0.39, 0.29) is 28.3 Å². The fraction of sp³-hybridized carbons (Fsp3) is 0.0400. The monoisotopic (exact) mass is 496 g/mol. The van der Waals surface area contributed by atoms with Gasteiger partial charge in [0.1, 0.15) is 11.5 Å². The number of aromatic nitrogens is 2. The van der Waals surface area contributed by atoms with E-state index in [0.29, 0.717) is 0 Å². The third-order valence-corrected chi connectivity index (χ3v) is 4.93. The van der Waals surface area contributed by atoms with Crippen molar-refractivity contribution in [3.05, 3.63) is 118 Å². The van der Waals surface area contributed by atoms with Crippen LogP contribution in [0.15, 0.2) is 89.7 Å². The molecule has 11 heteroatoms. The molecule has 0 aliphatic heterocycles. The fourth-order valence-electron chi connectivity index (χ4n) is 3.21. The molecule has 0 saturated carbocycles. The molecule has 0 saturated heterocycles. The van der Waals surface area contributed by atoms with Crippen molar-refractivity contribution in [2.75, 3.05) is 10.6 Å². The Labute approximate surface area is 201 Å². The Balaban J connectivity index is 1.51.